The molecular formula is C19H27F3N2O3S. The van der Waals surface area contributed by atoms with Crippen LogP contribution in [-0.2, 0) is 22.7 Å². The highest BCUT2D eigenvalue weighted by Crippen LogP contribution is 2.33. The lowest BCUT2D eigenvalue weighted by molar-refractivity contribution is -0.166. The van der Waals surface area contributed by atoms with Gasteiger partial charge in [0, 0.05) is 24.5 Å². The smallest absolute Gasteiger partial charge is 0.410 e. The van der Waals surface area contributed by atoms with E-state index in [4.69, 9.17) is 4.74 Å². The number of alkyl halides is 3. The van der Waals surface area contributed by atoms with Crippen LogP contribution in [0.2, 0.25) is 0 Å². The van der Waals surface area contributed by atoms with Crippen molar-refractivity contribution in [1.82, 2.24) is 9.62 Å². The van der Waals surface area contributed by atoms with Gasteiger partial charge in [-0.2, -0.15) is 13.2 Å². The van der Waals surface area contributed by atoms with Crippen molar-refractivity contribution in [3.05, 3.63) is 35.9 Å². The van der Waals surface area contributed by atoms with Gasteiger partial charge in [-0.15, -0.1) is 4.72 Å². The summed E-state index contributed by atoms with van der Waals surface area (Å²) in [6, 6.07) is 7.31. The second-order valence-electron chi connectivity index (χ2n) is 7.88. The maximum Gasteiger partial charge on any atom is 0.410 e. The second kappa shape index (κ2) is 9.37. The molecule has 2 rings (SSSR count). The van der Waals surface area contributed by atoms with E-state index in [1.807, 2.05) is 30.3 Å². The van der Waals surface area contributed by atoms with E-state index < -0.39 is 40.3 Å². The molecular weight excluding hydrogens is 393 g/mol. The van der Waals surface area contributed by atoms with Crippen LogP contribution >= 0.6 is 0 Å². The number of nitrogens with zero attached hydrogens (tertiary/aromatic N) is 1. The highest BCUT2D eigenvalue weighted by Gasteiger charge is 2.49. The van der Waals surface area contributed by atoms with Crippen molar-refractivity contribution >= 4 is 17.5 Å². The summed E-state index contributed by atoms with van der Waals surface area (Å²) in [6.07, 6.45) is -4.71. The Labute approximate surface area is 166 Å². The molecule has 0 aliphatic carbocycles. The maximum atomic E-state index is 13.5. The van der Waals surface area contributed by atoms with Crippen molar-refractivity contribution in [3.63, 3.8) is 0 Å². The number of nitrogens with one attached hydrogen (secondary N) is 1. The summed E-state index contributed by atoms with van der Waals surface area (Å²) in [5.41, 5.74) is 0.844. The average Bonchev–Trinajstić information content (AvgIpc) is 2.63. The summed E-state index contributed by atoms with van der Waals surface area (Å²) >= 11 is -1.83. The third-order valence-corrected chi connectivity index (χ3v) is 6.20. The van der Waals surface area contributed by atoms with Gasteiger partial charge < -0.3 is 14.2 Å². The summed E-state index contributed by atoms with van der Waals surface area (Å²) in [5, 5.41) is 0. The van der Waals surface area contributed by atoms with E-state index in [-0.39, 0.29) is 32.5 Å². The zero-order valence-electron chi connectivity index (χ0n) is 16.3. The normalized spacial score (nSPS) is 18.6. The Bertz CT molecular complexity index is 630. The molecule has 0 bridgehead atoms. The van der Waals surface area contributed by atoms with Crippen molar-refractivity contribution in [2.75, 3.05) is 13.1 Å². The Balaban J connectivity index is 1.89. The molecule has 28 heavy (non-hydrogen) atoms. The molecule has 1 aromatic rings. The summed E-state index contributed by atoms with van der Waals surface area (Å²) in [4.78, 5) is 13.6. The van der Waals surface area contributed by atoms with E-state index in [1.54, 1.807) is 20.8 Å². The molecule has 1 aromatic carbocycles. The number of likely N-dealkylation sites (tertiary alicyclic amines) is 1. The number of carbonyl (C=O) groups is 1. The van der Waals surface area contributed by atoms with Crippen molar-refractivity contribution in [3.8, 4) is 0 Å². The minimum Gasteiger partial charge on any atom is -0.598 e. The van der Waals surface area contributed by atoms with Crippen molar-refractivity contribution in [2.45, 2.75) is 57.2 Å². The summed E-state index contributed by atoms with van der Waals surface area (Å²) in [5.74, 6) is -0.746. The van der Waals surface area contributed by atoms with Crippen LogP contribution < -0.4 is 4.72 Å². The van der Waals surface area contributed by atoms with Crippen LogP contribution in [-0.4, -0.2) is 45.6 Å². The first-order chi connectivity index (χ1) is 13.0. The monoisotopic (exact) mass is 420 g/mol. The second-order valence-corrected chi connectivity index (χ2v) is 9.88. The Morgan fingerprint density at radius 3 is 2.32 bits per heavy atom. The van der Waals surface area contributed by atoms with Crippen LogP contribution in [0.4, 0.5) is 18.0 Å². The molecule has 1 amide bonds. The summed E-state index contributed by atoms with van der Waals surface area (Å²) in [7, 11) is 0. The number of piperidine rings is 1. The van der Waals surface area contributed by atoms with Crippen LogP contribution in [0, 0.1) is 5.92 Å². The minimum absolute atomic E-state index is 0.122. The number of hydrogen-bond acceptors (Lipinski definition) is 4. The molecule has 1 fully saturated rings. The lowest BCUT2D eigenvalue weighted by atomic mass is 9.89. The summed E-state index contributed by atoms with van der Waals surface area (Å²) < 4.78 is 59.4. The molecule has 9 heteroatoms. The molecule has 1 aliphatic heterocycles. The lowest BCUT2D eigenvalue weighted by Gasteiger charge is -2.37. The third kappa shape index (κ3) is 6.56. The van der Waals surface area contributed by atoms with Gasteiger partial charge in [-0.05, 0) is 45.1 Å². The molecule has 0 saturated carbocycles. The largest absolute Gasteiger partial charge is 0.598 e. The minimum atomic E-state index is -4.51. The maximum absolute atomic E-state index is 13.5. The molecule has 1 aliphatic rings. The van der Waals surface area contributed by atoms with Gasteiger partial charge in [-0.3, -0.25) is 0 Å². The Hall–Kier alpha value is -1.45. The Morgan fingerprint density at radius 1 is 1.25 bits per heavy atom. The number of ether oxygens (including phenoxy) is 1. The SMILES string of the molecule is CC(C)(C)[S+]([O-])N[C@H](C1CCN(C(=O)OCc2ccccc2)CC1)C(F)(F)F. The van der Waals surface area contributed by atoms with E-state index in [9.17, 15) is 22.5 Å². The standard InChI is InChI=1S/C19H27F3N2O3S/c1-18(2,3)28(26)23-16(19(20,21)22)15-9-11-24(12-10-15)17(25)27-13-14-7-5-4-6-8-14/h4-8,15-16,23H,9-13H2,1-3H3/t16-,28?/m1/s1. The zero-order chi connectivity index (χ0) is 20.9. The quantitative estimate of drug-likeness (QED) is 0.731. The molecule has 2 atom stereocenters. The average molecular weight is 420 g/mol. The van der Waals surface area contributed by atoms with E-state index in [0.29, 0.717) is 0 Å². The van der Waals surface area contributed by atoms with Gasteiger partial charge >= 0.3 is 12.3 Å². The number of hydrogen-bond donors (Lipinski definition) is 1. The van der Waals surface area contributed by atoms with Crippen molar-refractivity contribution in [1.29, 1.82) is 0 Å². The number of benzene rings is 1. The van der Waals surface area contributed by atoms with Gasteiger partial charge in [0.05, 0.1) is 0 Å². The fourth-order valence-electron chi connectivity index (χ4n) is 2.95. The van der Waals surface area contributed by atoms with Gasteiger partial charge in [0.25, 0.3) is 0 Å². The number of halogens is 3. The Morgan fingerprint density at radius 2 is 1.82 bits per heavy atom. The fraction of sp³-hybridized carbons (Fsp3) is 0.632. The Kier molecular flexibility index (Phi) is 7.64. The number of rotatable bonds is 5. The first-order valence-electron chi connectivity index (χ1n) is 9.19. The van der Waals surface area contributed by atoms with Crippen LogP contribution in [0.3, 0.4) is 0 Å². The molecule has 1 heterocycles. The topological polar surface area (TPSA) is 64.6 Å². The van der Waals surface area contributed by atoms with E-state index >= 15 is 0 Å². The fourth-order valence-corrected chi connectivity index (χ4v) is 3.86. The van der Waals surface area contributed by atoms with Gasteiger partial charge in [0.15, 0.2) is 6.04 Å². The highest BCUT2D eigenvalue weighted by molar-refractivity contribution is 7.90. The molecule has 0 radical (unpaired) electrons. The molecule has 5 nitrogen and oxygen atoms in total. The lowest BCUT2D eigenvalue weighted by Crippen LogP contribution is -2.56. The number of amides is 1. The predicted molar refractivity (Wildman–Crippen MR) is 102 cm³/mol. The van der Waals surface area contributed by atoms with Gasteiger partial charge in [-0.25, -0.2) is 4.79 Å². The van der Waals surface area contributed by atoms with Crippen molar-refractivity contribution in [2.24, 2.45) is 5.92 Å². The van der Waals surface area contributed by atoms with Gasteiger partial charge in [-0.1, -0.05) is 30.3 Å². The molecule has 158 valence electrons. The first kappa shape index (κ1) is 22.8. The van der Waals surface area contributed by atoms with E-state index in [0.717, 1.165) is 5.56 Å². The van der Waals surface area contributed by atoms with Crippen LogP contribution in [0.5, 0.6) is 0 Å². The van der Waals surface area contributed by atoms with Gasteiger partial charge in [0.1, 0.15) is 11.4 Å². The van der Waals surface area contributed by atoms with E-state index in [2.05, 4.69) is 4.72 Å². The first-order valence-corrected chi connectivity index (χ1v) is 10.3. The van der Waals surface area contributed by atoms with Crippen LogP contribution in [0.25, 0.3) is 0 Å². The predicted octanol–water partition coefficient (Wildman–Crippen LogP) is 4.02. The molecule has 1 unspecified atom stereocenters. The van der Waals surface area contributed by atoms with Crippen molar-refractivity contribution < 1.29 is 27.3 Å². The van der Waals surface area contributed by atoms with Crippen LogP contribution in [0.1, 0.15) is 39.2 Å². The van der Waals surface area contributed by atoms with E-state index in [1.165, 1.54) is 4.90 Å². The molecule has 0 spiro atoms. The molecule has 1 saturated heterocycles. The highest BCUT2D eigenvalue weighted by atomic mass is 32.2. The summed E-state index contributed by atoms with van der Waals surface area (Å²) in [6.45, 7) is 5.33. The molecule has 1 N–H and O–H groups in total. The number of carbonyl (C=O) groups excluding carboxylic acids is 1. The van der Waals surface area contributed by atoms with Gasteiger partial charge in [0.2, 0.25) is 0 Å². The zero-order valence-corrected chi connectivity index (χ0v) is 17.1. The van der Waals surface area contributed by atoms with Crippen LogP contribution in [0.15, 0.2) is 30.3 Å². The third-order valence-electron chi connectivity index (χ3n) is 4.62. The molecule has 0 aromatic heterocycles.